The molecule has 2 N–H and O–H groups in total. The van der Waals surface area contributed by atoms with E-state index >= 15 is 0 Å². The summed E-state index contributed by atoms with van der Waals surface area (Å²) in [6.45, 7) is 9.27. The summed E-state index contributed by atoms with van der Waals surface area (Å²) in [4.78, 5) is 4.37. The maximum atomic E-state index is 4.37. The highest BCUT2D eigenvalue weighted by Crippen LogP contribution is 2.22. The lowest BCUT2D eigenvalue weighted by atomic mass is 9.85. The van der Waals surface area contributed by atoms with E-state index in [1.165, 1.54) is 37.4 Å². The third-order valence-corrected chi connectivity index (χ3v) is 5.25. The summed E-state index contributed by atoms with van der Waals surface area (Å²) in [5.74, 6) is 2.24. The van der Waals surface area contributed by atoms with Crippen molar-refractivity contribution < 1.29 is 0 Å². The van der Waals surface area contributed by atoms with Gasteiger partial charge in [0.05, 0.1) is 5.01 Å². The maximum Gasteiger partial charge on any atom is 0.0965 e. The van der Waals surface area contributed by atoms with Gasteiger partial charge >= 0.3 is 0 Å². The summed E-state index contributed by atoms with van der Waals surface area (Å²) in [5, 5.41) is 10.4. The zero-order chi connectivity index (χ0) is 13.5. The molecule has 1 aromatic rings. The van der Waals surface area contributed by atoms with E-state index in [4.69, 9.17) is 0 Å². The number of hydrogen-bond donors (Lipinski definition) is 2. The lowest BCUT2D eigenvalue weighted by molar-refractivity contribution is 0.266. The van der Waals surface area contributed by atoms with Crippen LogP contribution in [0.1, 0.15) is 44.0 Å². The van der Waals surface area contributed by atoms with E-state index in [9.17, 15) is 0 Å². The van der Waals surface area contributed by atoms with Crippen LogP contribution in [0, 0.1) is 11.8 Å². The highest BCUT2D eigenvalue weighted by molar-refractivity contribution is 7.09. The third-order valence-electron chi connectivity index (χ3n) is 4.24. The molecule has 19 heavy (non-hydrogen) atoms. The first-order valence-corrected chi connectivity index (χ1v) is 8.46. The van der Waals surface area contributed by atoms with Gasteiger partial charge in [-0.25, -0.2) is 4.98 Å². The molecule has 0 radical (unpaired) electrons. The molecule has 0 aromatic carbocycles. The first-order valence-electron chi connectivity index (χ1n) is 7.58. The molecule has 1 aromatic heterocycles. The molecule has 3 unspecified atom stereocenters. The average Bonchev–Trinajstić information content (AvgIpc) is 2.98. The molecule has 0 amide bonds. The fourth-order valence-corrected chi connectivity index (χ4v) is 3.51. The van der Waals surface area contributed by atoms with Gasteiger partial charge in [-0.2, -0.15) is 0 Å². The number of nitrogens with one attached hydrogen (secondary N) is 2. The Morgan fingerprint density at radius 1 is 1.53 bits per heavy atom. The standard InChI is InChI=1S/C15H27N3S/c1-12(14-4-3-6-16-11-14)5-7-17-10-13(2)15-18-8-9-19-15/h8-9,12-14,16-17H,3-7,10-11H2,1-2H3. The second-order valence-corrected chi connectivity index (χ2v) is 6.77. The Kier molecular flexibility index (Phi) is 6.28. The zero-order valence-electron chi connectivity index (χ0n) is 12.2. The van der Waals surface area contributed by atoms with Gasteiger partial charge in [0.15, 0.2) is 0 Å². The van der Waals surface area contributed by atoms with Crippen molar-refractivity contribution in [3.05, 3.63) is 16.6 Å². The molecule has 0 spiro atoms. The summed E-state index contributed by atoms with van der Waals surface area (Å²) in [5.41, 5.74) is 0. The van der Waals surface area contributed by atoms with E-state index in [1.807, 2.05) is 6.20 Å². The van der Waals surface area contributed by atoms with Gasteiger partial charge in [0.2, 0.25) is 0 Å². The van der Waals surface area contributed by atoms with Crippen LogP contribution in [-0.4, -0.2) is 31.2 Å². The first-order chi connectivity index (χ1) is 9.27. The molecular weight excluding hydrogens is 254 g/mol. The number of nitrogens with zero attached hydrogens (tertiary/aromatic N) is 1. The Bertz CT molecular complexity index is 333. The fraction of sp³-hybridized carbons (Fsp3) is 0.800. The predicted octanol–water partition coefficient (Wildman–Crippen LogP) is 2.86. The Morgan fingerprint density at radius 3 is 3.11 bits per heavy atom. The Balaban J connectivity index is 1.58. The Hall–Kier alpha value is -0.450. The van der Waals surface area contributed by atoms with Crippen LogP contribution >= 0.6 is 11.3 Å². The van der Waals surface area contributed by atoms with Crippen molar-refractivity contribution in [1.82, 2.24) is 15.6 Å². The molecule has 0 saturated carbocycles. The van der Waals surface area contributed by atoms with Crippen LogP contribution in [-0.2, 0) is 0 Å². The van der Waals surface area contributed by atoms with Gasteiger partial charge in [0.25, 0.3) is 0 Å². The average molecular weight is 281 g/mol. The van der Waals surface area contributed by atoms with E-state index in [-0.39, 0.29) is 0 Å². The second-order valence-electron chi connectivity index (χ2n) is 5.85. The summed E-state index contributed by atoms with van der Waals surface area (Å²) >= 11 is 1.76. The summed E-state index contributed by atoms with van der Waals surface area (Å²) < 4.78 is 0. The molecule has 1 aliphatic rings. The molecule has 0 bridgehead atoms. The quantitative estimate of drug-likeness (QED) is 0.755. The van der Waals surface area contributed by atoms with Crippen LogP contribution in [0.25, 0.3) is 0 Å². The van der Waals surface area contributed by atoms with Gasteiger partial charge in [-0.05, 0) is 50.7 Å². The lowest BCUT2D eigenvalue weighted by Crippen LogP contribution is -2.34. The highest BCUT2D eigenvalue weighted by atomic mass is 32.1. The molecule has 1 fully saturated rings. The first kappa shape index (κ1) is 14.9. The smallest absolute Gasteiger partial charge is 0.0965 e. The minimum absolute atomic E-state index is 0.534. The van der Waals surface area contributed by atoms with Crippen LogP contribution in [0.5, 0.6) is 0 Å². The topological polar surface area (TPSA) is 37.0 Å². The monoisotopic (exact) mass is 281 g/mol. The number of hydrogen-bond acceptors (Lipinski definition) is 4. The van der Waals surface area contributed by atoms with Gasteiger partial charge in [0.1, 0.15) is 0 Å². The minimum atomic E-state index is 0.534. The van der Waals surface area contributed by atoms with Crippen molar-refractivity contribution in [2.45, 2.75) is 39.0 Å². The number of rotatable bonds is 7. The second kappa shape index (κ2) is 7.98. The van der Waals surface area contributed by atoms with Crippen LogP contribution < -0.4 is 10.6 Å². The van der Waals surface area contributed by atoms with E-state index < -0.39 is 0 Å². The molecule has 108 valence electrons. The molecule has 2 rings (SSSR count). The van der Waals surface area contributed by atoms with Crippen molar-refractivity contribution in [3.8, 4) is 0 Å². The van der Waals surface area contributed by atoms with Gasteiger partial charge in [-0.15, -0.1) is 11.3 Å². The fourth-order valence-electron chi connectivity index (χ4n) is 2.81. The van der Waals surface area contributed by atoms with E-state index in [0.717, 1.165) is 24.9 Å². The summed E-state index contributed by atoms with van der Waals surface area (Å²) in [6, 6.07) is 0. The van der Waals surface area contributed by atoms with Crippen LogP contribution in [0.2, 0.25) is 0 Å². The van der Waals surface area contributed by atoms with Gasteiger partial charge in [-0.3, -0.25) is 0 Å². The molecule has 1 saturated heterocycles. The minimum Gasteiger partial charge on any atom is -0.316 e. The van der Waals surface area contributed by atoms with E-state index in [2.05, 4.69) is 34.8 Å². The predicted molar refractivity (Wildman–Crippen MR) is 82.8 cm³/mol. The highest BCUT2D eigenvalue weighted by Gasteiger charge is 2.19. The van der Waals surface area contributed by atoms with E-state index in [0.29, 0.717) is 5.92 Å². The number of aromatic nitrogens is 1. The molecule has 0 aliphatic carbocycles. The molecule has 1 aliphatic heterocycles. The summed E-state index contributed by atoms with van der Waals surface area (Å²) in [6.07, 6.45) is 5.94. The Morgan fingerprint density at radius 2 is 2.42 bits per heavy atom. The van der Waals surface area contributed by atoms with E-state index in [1.54, 1.807) is 11.3 Å². The van der Waals surface area contributed by atoms with Crippen molar-refractivity contribution in [2.75, 3.05) is 26.2 Å². The zero-order valence-corrected chi connectivity index (χ0v) is 13.0. The van der Waals surface area contributed by atoms with Crippen LogP contribution in [0.4, 0.5) is 0 Å². The molecule has 3 nitrogen and oxygen atoms in total. The third kappa shape index (κ3) is 4.86. The maximum absolute atomic E-state index is 4.37. The number of thiazole rings is 1. The molecule has 4 heteroatoms. The molecular formula is C15H27N3S. The van der Waals surface area contributed by atoms with Crippen molar-refractivity contribution in [1.29, 1.82) is 0 Å². The summed E-state index contributed by atoms with van der Waals surface area (Å²) in [7, 11) is 0. The van der Waals surface area contributed by atoms with Gasteiger partial charge in [-0.1, -0.05) is 13.8 Å². The van der Waals surface area contributed by atoms with Gasteiger partial charge < -0.3 is 10.6 Å². The largest absolute Gasteiger partial charge is 0.316 e. The van der Waals surface area contributed by atoms with Crippen molar-refractivity contribution in [2.24, 2.45) is 11.8 Å². The van der Waals surface area contributed by atoms with Gasteiger partial charge in [0, 0.05) is 24.0 Å². The Labute approximate surface area is 121 Å². The molecule has 2 heterocycles. The van der Waals surface area contributed by atoms with Crippen molar-refractivity contribution in [3.63, 3.8) is 0 Å². The van der Waals surface area contributed by atoms with Crippen molar-refractivity contribution >= 4 is 11.3 Å². The molecule has 3 atom stereocenters. The normalized spacial score (nSPS) is 23.2. The lowest BCUT2D eigenvalue weighted by Gasteiger charge is -2.28. The number of piperidine rings is 1. The SMILES string of the molecule is CC(CNCCC(C)C1CCCNC1)c1nccs1. The van der Waals surface area contributed by atoms with Crippen LogP contribution in [0.3, 0.4) is 0 Å². The van der Waals surface area contributed by atoms with Crippen LogP contribution in [0.15, 0.2) is 11.6 Å².